The first-order valence-electron chi connectivity index (χ1n) is 6.06. The van der Waals surface area contributed by atoms with Crippen molar-refractivity contribution in [1.82, 2.24) is 4.90 Å². The lowest BCUT2D eigenvalue weighted by Crippen LogP contribution is -2.32. The van der Waals surface area contributed by atoms with E-state index >= 15 is 0 Å². The zero-order valence-electron chi connectivity index (χ0n) is 11.4. The average molecular weight is 252 g/mol. The van der Waals surface area contributed by atoms with Gasteiger partial charge in [0, 0.05) is 24.9 Å². The molecule has 0 fully saturated rings. The summed E-state index contributed by atoms with van der Waals surface area (Å²) in [5.74, 6) is 1.15. The first kappa shape index (κ1) is 14.6. The highest BCUT2D eigenvalue weighted by atomic mass is 32.2. The molecule has 0 aliphatic carbocycles. The number of thioether (sulfide) groups is 1. The summed E-state index contributed by atoms with van der Waals surface area (Å²) in [7, 11) is 2.16. The summed E-state index contributed by atoms with van der Waals surface area (Å²) >= 11 is 1.88. The molecule has 0 heterocycles. The second-order valence-corrected chi connectivity index (χ2v) is 5.57. The largest absolute Gasteiger partial charge is 0.329 e. The fourth-order valence-electron chi connectivity index (χ4n) is 2.05. The van der Waals surface area contributed by atoms with Gasteiger partial charge in [0.05, 0.1) is 0 Å². The number of hydrogen-bond acceptors (Lipinski definition) is 3. The Morgan fingerprint density at radius 2 is 2.06 bits per heavy atom. The summed E-state index contributed by atoms with van der Waals surface area (Å²) in [6.45, 7) is 6.06. The molecule has 2 nitrogen and oxygen atoms in total. The normalized spacial score (nSPS) is 13.1. The number of nitrogens with zero attached hydrogens (tertiary/aromatic N) is 1. The van der Waals surface area contributed by atoms with E-state index in [2.05, 4.69) is 50.2 Å². The highest BCUT2D eigenvalue weighted by Gasteiger charge is 2.16. The predicted octanol–water partition coefficient (Wildman–Crippen LogP) is 2.60. The minimum atomic E-state index is 0.335. The number of rotatable bonds is 6. The molecule has 0 aliphatic heterocycles. The van der Waals surface area contributed by atoms with Gasteiger partial charge in [0.15, 0.2) is 0 Å². The third-order valence-electron chi connectivity index (χ3n) is 3.20. The molecule has 0 bridgehead atoms. The van der Waals surface area contributed by atoms with Gasteiger partial charge in [0.2, 0.25) is 0 Å². The Kier molecular flexibility index (Phi) is 6.03. The molecule has 0 aliphatic rings. The SMILES string of the molecule is CSCCN(C)C(CN)c1cc(C)ccc1C. The minimum absolute atomic E-state index is 0.335. The summed E-state index contributed by atoms with van der Waals surface area (Å²) < 4.78 is 0. The predicted molar refractivity (Wildman–Crippen MR) is 78.7 cm³/mol. The number of hydrogen-bond donors (Lipinski definition) is 1. The van der Waals surface area contributed by atoms with Crippen LogP contribution in [0.25, 0.3) is 0 Å². The van der Waals surface area contributed by atoms with Crippen molar-refractivity contribution in [1.29, 1.82) is 0 Å². The summed E-state index contributed by atoms with van der Waals surface area (Å²) in [5, 5.41) is 0. The van der Waals surface area contributed by atoms with E-state index in [1.165, 1.54) is 16.7 Å². The zero-order chi connectivity index (χ0) is 12.8. The molecule has 96 valence electrons. The van der Waals surface area contributed by atoms with E-state index in [1.807, 2.05) is 11.8 Å². The van der Waals surface area contributed by atoms with Crippen molar-refractivity contribution in [3.63, 3.8) is 0 Å². The number of nitrogens with two attached hydrogens (primary N) is 1. The number of aryl methyl sites for hydroxylation is 2. The number of likely N-dealkylation sites (N-methyl/N-ethyl adjacent to an activating group) is 1. The molecule has 1 atom stereocenters. The van der Waals surface area contributed by atoms with E-state index in [0.29, 0.717) is 12.6 Å². The number of benzene rings is 1. The molecule has 1 rings (SSSR count). The summed E-state index contributed by atoms with van der Waals surface area (Å²) in [4.78, 5) is 2.36. The van der Waals surface area contributed by atoms with Gasteiger partial charge < -0.3 is 5.73 Å². The van der Waals surface area contributed by atoms with Crippen LogP contribution in [0.3, 0.4) is 0 Å². The summed E-state index contributed by atoms with van der Waals surface area (Å²) in [6.07, 6.45) is 2.14. The van der Waals surface area contributed by atoms with E-state index < -0.39 is 0 Å². The third kappa shape index (κ3) is 4.02. The Bertz CT molecular complexity index is 352. The molecule has 1 unspecified atom stereocenters. The van der Waals surface area contributed by atoms with Crippen molar-refractivity contribution < 1.29 is 0 Å². The molecule has 3 heteroatoms. The highest BCUT2D eigenvalue weighted by molar-refractivity contribution is 7.98. The third-order valence-corrected chi connectivity index (χ3v) is 3.79. The second kappa shape index (κ2) is 7.04. The quantitative estimate of drug-likeness (QED) is 0.844. The smallest absolute Gasteiger partial charge is 0.0470 e. The van der Waals surface area contributed by atoms with Crippen LogP contribution in [-0.2, 0) is 0 Å². The molecule has 0 spiro atoms. The zero-order valence-corrected chi connectivity index (χ0v) is 12.2. The van der Waals surface area contributed by atoms with Crippen LogP contribution < -0.4 is 5.73 Å². The van der Waals surface area contributed by atoms with E-state index in [0.717, 1.165) is 12.3 Å². The lowest BCUT2D eigenvalue weighted by molar-refractivity contribution is 0.265. The van der Waals surface area contributed by atoms with Crippen molar-refractivity contribution in [2.24, 2.45) is 5.73 Å². The fourth-order valence-corrected chi connectivity index (χ4v) is 2.52. The first-order chi connectivity index (χ1) is 8.10. The molecule has 0 aromatic heterocycles. The van der Waals surface area contributed by atoms with E-state index in [4.69, 9.17) is 5.73 Å². The van der Waals surface area contributed by atoms with Crippen LogP contribution >= 0.6 is 11.8 Å². The van der Waals surface area contributed by atoms with Crippen molar-refractivity contribution in [3.05, 3.63) is 34.9 Å². The van der Waals surface area contributed by atoms with Crippen molar-refractivity contribution in [2.75, 3.05) is 32.1 Å². The van der Waals surface area contributed by atoms with Crippen LogP contribution in [0.15, 0.2) is 18.2 Å². The van der Waals surface area contributed by atoms with Crippen molar-refractivity contribution >= 4 is 11.8 Å². The van der Waals surface area contributed by atoms with Crippen LogP contribution in [0, 0.1) is 13.8 Å². The molecule has 1 aromatic rings. The minimum Gasteiger partial charge on any atom is -0.329 e. The van der Waals surface area contributed by atoms with Gasteiger partial charge in [0.25, 0.3) is 0 Å². The van der Waals surface area contributed by atoms with Gasteiger partial charge in [-0.1, -0.05) is 23.8 Å². The molecule has 17 heavy (non-hydrogen) atoms. The van der Waals surface area contributed by atoms with Gasteiger partial charge in [-0.3, -0.25) is 4.90 Å². The van der Waals surface area contributed by atoms with Gasteiger partial charge in [-0.15, -0.1) is 0 Å². The Morgan fingerprint density at radius 3 is 2.65 bits per heavy atom. The lowest BCUT2D eigenvalue weighted by Gasteiger charge is -2.28. The lowest BCUT2D eigenvalue weighted by atomic mass is 9.98. The Balaban J connectivity index is 2.88. The summed E-state index contributed by atoms with van der Waals surface area (Å²) in [5.41, 5.74) is 9.96. The van der Waals surface area contributed by atoms with Gasteiger partial charge in [-0.05, 0) is 38.3 Å². The first-order valence-corrected chi connectivity index (χ1v) is 7.46. The Hall–Kier alpha value is -0.510. The topological polar surface area (TPSA) is 29.3 Å². The van der Waals surface area contributed by atoms with Crippen LogP contribution in [0.2, 0.25) is 0 Å². The standard InChI is InChI=1S/C14H24N2S/c1-11-5-6-12(2)13(9-11)14(10-15)16(3)7-8-17-4/h5-6,9,14H,7-8,10,15H2,1-4H3. The Morgan fingerprint density at radius 1 is 1.35 bits per heavy atom. The molecule has 0 saturated heterocycles. The molecule has 0 saturated carbocycles. The highest BCUT2D eigenvalue weighted by Crippen LogP contribution is 2.23. The molecule has 0 radical (unpaired) electrons. The molecular formula is C14H24N2S. The second-order valence-electron chi connectivity index (χ2n) is 4.58. The molecular weight excluding hydrogens is 228 g/mol. The van der Waals surface area contributed by atoms with Crippen LogP contribution in [0.1, 0.15) is 22.7 Å². The van der Waals surface area contributed by atoms with E-state index in [-0.39, 0.29) is 0 Å². The van der Waals surface area contributed by atoms with Crippen LogP contribution in [0.4, 0.5) is 0 Å². The molecule has 2 N–H and O–H groups in total. The van der Waals surface area contributed by atoms with E-state index in [9.17, 15) is 0 Å². The maximum atomic E-state index is 5.95. The van der Waals surface area contributed by atoms with Gasteiger partial charge >= 0.3 is 0 Å². The fraction of sp³-hybridized carbons (Fsp3) is 0.571. The maximum absolute atomic E-state index is 5.95. The molecule has 0 amide bonds. The van der Waals surface area contributed by atoms with Crippen molar-refractivity contribution in [2.45, 2.75) is 19.9 Å². The van der Waals surface area contributed by atoms with Crippen molar-refractivity contribution in [3.8, 4) is 0 Å². The van der Waals surface area contributed by atoms with E-state index in [1.54, 1.807) is 0 Å². The summed E-state index contributed by atoms with van der Waals surface area (Å²) in [6, 6.07) is 6.95. The van der Waals surface area contributed by atoms with Gasteiger partial charge in [-0.2, -0.15) is 11.8 Å². The van der Waals surface area contributed by atoms with Crippen LogP contribution in [-0.4, -0.2) is 37.0 Å². The van der Waals surface area contributed by atoms with Gasteiger partial charge in [-0.25, -0.2) is 0 Å². The average Bonchev–Trinajstić information content (AvgIpc) is 2.32. The monoisotopic (exact) mass is 252 g/mol. The Labute approximate surface area is 110 Å². The molecule has 1 aromatic carbocycles. The van der Waals surface area contributed by atoms with Gasteiger partial charge in [0.1, 0.15) is 0 Å². The maximum Gasteiger partial charge on any atom is 0.0470 e. The van der Waals surface area contributed by atoms with Crippen LogP contribution in [0.5, 0.6) is 0 Å².